The Hall–Kier alpha value is -2.63. The number of nitrogens with zero attached hydrogens (tertiary/aromatic N) is 4. The average molecular weight is 317 g/mol. The molecule has 0 saturated carbocycles. The quantitative estimate of drug-likeness (QED) is 0.663. The fraction of sp³-hybridized carbons (Fsp3) is 0.111. The van der Waals surface area contributed by atoms with Crippen molar-refractivity contribution in [2.24, 2.45) is 0 Å². The molecule has 9 nitrogen and oxygen atoms in total. The number of H-pyrrole nitrogens is 1. The van der Waals surface area contributed by atoms with Crippen LogP contribution in [0.4, 0.5) is 20.2 Å². The third kappa shape index (κ3) is 3.28. The van der Waals surface area contributed by atoms with Gasteiger partial charge in [0.15, 0.2) is 5.82 Å². The molecule has 0 bridgehead atoms. The summed E-state index contributed by atoms with van der Waals surface area (Å²) in [6, 6.07) is 2.98. The third-order valence-corrected chi connectivity index (χ3v) is 3.17. The van der Waals surface area contributed by atoms with Crippen molar-refractivity contribution in [1.29, 1.82) is 0 Å². The summed E-state index contributed by atoms with van der Waals surface area (Å²) in [5.74, 6) is -0.665. The van der Waals surface area contributed by atoms with E-state index in [0.29, 0.717) is 11.8 Å². The van der Waals surface area contributed by atoms with Gasteiger partial charge in [-0.1, -0.05) is 0 Å². The number of aromatic nitrogens is 3. The van der Waals surface area contributed by atoms with Crippen LogP contribution in [0, 0.1) is 20.2 Å². The molecule has 0 fully saturated rings. The molecule has 0 saturated heterocycles. The molecule has 2 rings (SSSR count). The van der Waals surface area contributed by atoms with E-state index in [2.05, 4.69) is 10.1 Å². The lowest BCUT2D eigenvalue weighted by Gasteiger charge is -1.99. The van der Waals surface area contributed by atoms with E-state index in [9.17, 15) is 29.0 Å². The van der Waals surface area contributed by atoms with Gasteiger partial charge in [0, 0.05) is 6.07 Å². The van der Waals surface area contributed by atoms with Gasteiger partial charge in [0.2, 0.25) is 5.16 Å². The lowest BCUT2D eigenvalue weighted by atomic mass is 10.3. The second kappa shape index (κ2) is 5.78. The number of halogens is 2. The van der Waals surface area contributed by atoms with Crippen molar-refractivity contribution in [3.05, 3.63) is 44.3 Å². The van der Waals surface area contributed by atoms with Crippen LogP contribution in [-0.4, -0.2) is 25.0 Å². The van der Waals surface area contributed by atoms with Crippen molar-refractivity contribution in [3.63, 3.8) is 0 Å². The van der Waals surface area contributed by atoms with Crippen LogP contribution in [0.15, 0.2) is 28.3 Å². The highest BCUT2D eigenvalue weighted by atomic mass is 32.2. The van der Waals surface area contributed by atoms with E-state index in [-0.39, 0.29) is 10.1 Å². The Kier molecular flexibility index (Phi) is 4.07. The van der Waals surface area contributed by atoms with Gasteiger partial charge in [-0.15, -0.1) is 5.10 Å². The van der Waals surface area contributed by atoms with E-state index in [0.717, 1.165) is 18.2 Å². The maximum Gasteiger partial charge on any atom is 0.296 e. The second-order valence-corrected chi connectivity index (χ2v) is 4.58. The summed E-state index contributed by atoms with van der Waals surface area (Å²) in [4.78, 5) is 23.4. The number of non-ortho nitro benzene ring substituents is 1. The van der Waals surface area contributed by atoms with E-state index in [1.54, 1.807) is 0 Å². The number of benzene rings is 1. The fourth-order valence-corrected chi connectivity index (χ4v) is 2.15. The molecule has 0 aliphatic heterocycles. The molecular formula is C9H5F2N5O4S. The molecule has 110 valence electrons. The van der Waals surface area contributed by atoms with Crippen LogP contribution in [0.1, 0.15) is 12.2 Å². The number of nitro benzene ring substituents is 2. The SMILES string of the molecule is O=[N+]([O-])c1ccc(Sc2n[nH]c(C(F)F)n2)c([N+](=O)[O-])c1. The molecule has 21 heavy (non-hydrogen) atoms. The minimum atomic E-state index is -2.85. The fourth-order valence-electron chi connectivity index (χ4n) is 1.35. The Balaban J connectivity index is 2.34. The molecule has 0 spiro atoms. The van der Waals surface area contributed by atoms with Crippen LogP contribution in [0.5, 0.6) is 0 Å². The number of nitro groups is 2. The van der Waals surface area contributed by atoms with Gasteiger partial charge in [0.25, 0.3) is 17.8 Å². The van der Waals surface area contributed by atoms with E-state index < -0.39 is 33.5 Å². The third-order valence-electron chi connectivity index (χ3n) is 2.24. The number of aromatic amines is 1. The van der Waals surface area contributed by atoms with Crippen molar-refractivity contribution in [3.8, 4) is 0 Å². The van der Waals surface area contributed by atoms with Gasteiger partial charge < -0.3 is 0 Å². The first-order valence-corrected chi connectivity index (χ1v) is 6.01. The van der Waals surface area contributed by atoms with Crippen LogP contribution >= 0.6 is 11.8 Å². The zero-order valence-electron chi connectivity index (χ0n) is 9.90. The first-order chi connectivity index (χ1) is 9.88. The molecule has 0 atom stereocenters. The molecule has 0 unspecified atom stereocenters. The van der Waals surface area contributed by atoms with Gasteiger partial charge in [-0.05, 0) is 17.8 Å². The summed E-state index contributed by atoms with van der Waals surface area (Å²) in [6.07, 6.45) is -2.85. The highest BCUT2D eigenvalue weighted by Gasteiger charge is 2.22. The molecule has 1 heterocycles. The minimum absolute atomic E-state index is 0.00502. The minimum Gasteiger partial charge on any atom is -0.258 e. The average Bonchev–Trinajstić information content (AvgIpc) is 2.87. The summed E-state index contributed by atoms with van der Waals surface area (Å²) < 4.78 is 24.7. The van der Waals surface area contributed by atoms with E-state index in [1.165, 1.54) is 0 Å². The topological polar surface area (TPSA) is 128 Å². The number of alkyl halides is 2. The Morgan fingerprint density at radius 3 is 2.48 bits per heavy atom. The molecule has 0 radical (unpaired) electrons. The molecule has 1 aromatic carbocycles. The Morgan fingerprint density at radius 1 is 1.24 bits per heavy atom. The predicted molar refractivity (Wildman–Crippen MR) is 65.2 cm³/mol. The molecular weight excluding hydrogens is 312 g/mol. The van der Waals surface area contributed by atoms with Gasteiger partial charge >= 0.3 is 0 Å². The first kappa shape index (κ1) is 14.8. The van der Waals surface area contributed by atoms with Crippen molar-refractivity contribution in [2.75, 3.05) is 0 Å². The maximum absolute atomic E-state index is 12.3. The van der Waals surface area contributed by atoms with Crippen LogP contribution in [-0.2, 0) is 0 Å². The van der Waals surface area contributed by atoms with Gasteiger partial charge in [0.05, 0.1) is 20.8 Å². The van der Waals surface area contributed by atoms with Gasteiger partial charge in [-0.25, -0.2) is 8.78 Å². The zero-order chi connectivity index (χ0) is 15.6. The summed E-state index contributed by atoms with van der Waals surface area (Å²) in [7, 11) is 0. The molecule has 0 amide bonds. The lowest BCUT2D eigenvalue weighted by molar-refractivity contribution is -0.396. The number of hydrogen-bond donors (Lipinski definition) is 1. The summed E-state index contributed by atoms with van der Waals surface area (Å²) >= 11 is 0.650. The Labute approximate surface area is 118 Å². The molecule has 0 aliphatic carbocycles. The molecule has 1 N–H and O–H groups in total. The first-order valence-electron chi connectivity index (χ1n) is 5.19. The van der Waals surface area contributed by atoms with E-state index >= 15 is 0 Å². The van der Waals surface area contributed by atoms with Crippen LogP contribution in [0.3, 0.4) is 0 Å². The largest absolute Gasteiger partial charge is 0.296 e. The number of rotatable bonds is 5. The molecule has 0 aliphatic rings. The molecule has 2 aromatic rings. The predicted octanol–water partition coefficient (Wildman–Crippen LogP) is 2.71. The monoisotopic (exact) mass is 317 g/mol. The van der Waals surface area contributed by atoms with Crippen molar-refractivity contribution in [1.82, 2.24) is 15.2 Å². The summed E-state index contributed by atoms with van der Waals surface area (Å²) in [5.41, 5.74) is -0.980. The van der Waals surface area contributed by atoms with Crippen molar-refractivity contribution < 1.29 is 18.6 Å². The standard InChI is InChI=1S/C9H5F2N5O4S/c10-7(11)8-12-9(14-13-8)21-6-2-1-4(15(17)18)3-5(6)16(19)20/h1-3,7H,(H,12,13,14). The normalized spacial score (nSPS) is 10.8. The number of hydrogen-bond acceptors (Lipinski definition) is 7. The van der Waals surface area contributed by atoms with Crippen LogP contribution in [0.2, 0.25) is 0 Å². The van der Waals surface area contributed by atoms with Crippen molar-refractivity contribution in [2.45, 2.75) is 16.5 Å². The lowest BCUT2D eigenvalue weighted by Crippen LogP contribution is -1.94. The van der Waals surface area contributed by atoms with Gasteiger partial charge in [-0.2, -0.15) is 4.98 Å². The zero-order valence-corrected chi connectivity index (χ0v) is 10.7. The smallest absolute Gasteiger partial charge is 0.258 e. The number of nitrogens with one attached hydrogen (secondary N) is 1. The van der Waals surface area contributed by atoms with E-state index in [4.69, 9.17) is 0 Å². The summed E-state index contributed by atoms with van der Waals surface area (Å²) in [6.45, 7) is 0. The highest BCUT2D eigenvalue weighted by molar-refractivity contribution is 7.99. The molecule has 1 aromatic heterocycles. The van der Waals surface area contributed by atoms with Crippen molar-refractivity contribution >= 4 is 23.1 Å². The Bertz CT molecular complexity index is 707. The molecule has 12 heteroatoms. The summed E-state index contributed by atoms with van der Waals surface area (Å²) in [5, 5.41) is 26.8. The van der Waals surface area contributed by atoms with Crippen LogP contribution in [0.25, 0.3) is 0 Å². The Morgan fingerprint density at radius 2 is 1.95 bits per heavy atom. The van der Waals surface area contributed by atoms with Gasteiger partial charge in [0.1, 0.15) is 0 Å². The van der Waals surface area contributed by atoms with Gasteiger partial charge in [-0.3, -0.25) is 25.3 Å². The van der Waals surface area contributed by atoms with Crippen LogP contribution < -0.4 is 0 Å². The van der Waals surface area contributed by atoms with E-state index in [1.807, 2.05) is 5.10 Å². The highest BCUT2D eigenvalue weighted by Crippen LogP contribution is 2.35. The maximum atomic E-state index is 12.3. The second-order valence-electron chi connectivity index (χ2n) is 3.57.